The van der Waals surface area contributed by atoms with Gasteiger partial charge in [-0.15, -0.1) is 0 Å². The molecule has 2 atom stereocenters. The van der Waals surface area contributed by atoms with Crippen molar-refractivity contribution >= 4 is 11.6 Å². The van der Waals surface area contributed by atoms with Crippen LogP contribution < -0.4 is 5.73 Å². The molecule has 3 nitrogen and oxygen atoms in total. The topological polar surface area (TPSA) is 59.1 Å². The van der Waals surface area contributed by atoms with Crippen LogP contribution in [0.2, 0.25) is 5.02 Å². The van der Waals surface area contributed by atoms with Gasteiger partial charge in [0.15, 0.2) is 0 Å². The Balaban J connectivity index is 2.94. The van der Waals surface area contributed by atoms with Gasteiger partial charge in [-0.25, -0.2) is 0 Å². The van der Waals surface area contributed by atoms with Crippen molar-refractivity contribution in [2.45, 2.75) is 19.1 Å². The largest absolute Gasteiger partial charge is 0.391 e. The van der Waals surface area contributed by atoms with Crippen LogP contribution in [-0.4, -0.2) is 16.2 Å². The summed E-state index contributed by atoms with van der Waals surface area (Å²) in [5.41, 5.74) is 6.18. The van der Waals surface area contributed by atoms with Crippen molar-refractivity contribution in [3.63, 3.8) is 0 Å². The number of nitrogens with two attached hydrogens (primary N) is 1. The molecule has 0 aromatic carbocycles. The lowest BCUT2D eigenvalue weighted by atomic mass is 10.1. The predicted molar refractivity (Wildman–Crippen MR) is 47.9 cm³/mol. The predicted octanol–water partition coefficient (Wildman–Crippen LogP) is 1.12. The van der Waals surface area contributed by atoms with Gasteiger partial charge in [0.05, 0.1) is 22.9 Å². The van der Waals surface area contributed by atoms with E-state index in [4.69, 9.17) is 17.3 Å². The molecule has 0 radical (unpaired) electrons. The molecule has 1 aromatic rings. The molecule has 0 fully saturated rings. The Hall–Kier alpha value is -0.640. The van der Waals surface area contributed by atoms with Gasteiger partial charge in [0.2, 0.25) is 0 Å². The molecule has 3 N–H and O–H groups in total. The van der Waals surface area contributed by atoms with Crippen molar-refractivity contribution in [2.75, 3.05) is 0 Å². The first kappa shape index (κ1) is 9.45. The third-order valence-electron chi connectivity index (χ3n) is 1.62. The van der Waals surface area contributed by atoms with Crippen molar-refractivity contribution < 1.29 is 5.11 Å². The average molecular weight is 187 g/mol. The van der Waals surface area contributed by atoms with Crippen LogP contribution in [0.3, 0.4) is 0 Å². The quantitative estimate of drug-likeness (QED) is 0.728. The van der Waals surface area contributed by atoms with Crippen LogP contribution >= 0.6 is 11.6 Å². The fourth-order valence-corrected chi connectivity index (χ4v) is 1.12. The summed E-state index contributed by atoms with van der Waals surface area (Å²) in [5, 5.41) is 9.67. The molecule has 1 heterocycles. The van der Waals surface area contributed by atoms with E-state index in [2.05, 4.69) is 4.98 Å². The van der Waals surface area contributed by atoms with E-state index in [1.807, 2.05) is 0 Å². The fourth-order valence-electron chi connectivity index (χ4n) is 0.872. The van der Waals surface area contributed by atoms with Gasteiger partial charge < -0.3 is 10.8 Å². The molecule has 66 valence electrons. The Bertz CT molecular complexity index is 265. The third-order valence-corrected chi connectivity index (χ3v) is 1.94. The first-order chi connectivity index (χ1) is 5.63. The number of pyridine rings is 1. The Kier molecular flexibility index (Phi) is 3.03. The molecule has 1 aromatic heterocycles. The highest BCUT2D eigenvalue weighted by Crippen LogP contribution is 2.20. The minimum absolute atomic E-state index is 0.492. The molecule has 0 spiro atoms. The number of hydrogen-bond donors (Lipinski definition) is 2. The number of hydrogen-bond acceptors (Lipinski definition) is 3. The second kappa shape index (κ2) is 3.85. The summed E-state index contributed by atoms with van der Waals surface area (Å²) in [6.07, 6.45) is 0.959. The molecule has 4 heteroatoms. The zero-order chi connectivity index (χ0) is 9.14. The van der Waals surface area contributed by atoms with E-state index in [0.29, 0.717) is 10.7 Å². The molecule has 0 aliphatic rings. The van der Waals surface area contributed by atoms with Crippen molar-refractivity contribution in [2.24, 2.45) is 5.73 Å². The van der Waals surface area contributed by atoms with Crippen LogP contribution in [-0.2, 0) is 0 Å². The molecule has 0 saturated heterocycles. The number of halogens is 1. The summed E-state index contributed by atoms with van der Waals surface area (Å²) in [4.78, 5) is 3.98. The number of nitrogens with zero attached hydrogens (tertiary/aromatic N) is 1. The van der Waals surface area contributed by atoms with Gasteiger partial charge in [-0.2, -0.15) is 0 Å². The van der Waals surface area contributed by atoms with E-state index in [1.54, 1.807) is 25.3 Å². The van der Waals surface area contributed by atoms with Gasteiger partial charge in [0.25, 0.3) is 0 Å². The normalized spacial score (nSPS) is 15.7. The smallest absolute Gasteiger partial charge is 0.0783 e. The molecule has 0 bridgehead atoms. The minimum Gasteiger partial charge on any atom is -0.391 e. The average Bonchev–Trinajstić information content (AvgIpc) is 2.04. The molecular formula is C8H11ClN2O. The number of rotatable bonds is 2. The first-order valence-corrected chi connectivity index (χ1v) is 4.04. The maximum absolute atomic E-state index is 9.18. The maximum Gasteiger partial charge on any atom is 0.0783 e. The van der Waals surface area contributed by atoms with Crippen molar-refractivity contribution in [3.8, 4) is 0 Å². The summed E-state index contributed by atoms with van der Waals surface area (Å²) in [6, 6.07) is 2.91. The van der Waals surface area contributed by atoms with E-state index in [0.717, 1.165) is 0 Å². The highest BCUT2D eigenvalue weighted by molar-refractivity contribution is 6.31. The number of aromatic nitrogens is 1. The number of aliphatic hydroxyl groups excluding tert-OH is 1. The van der Waals surface area contributed by atoms with Crippen LogP contribution in [0.5, 0.6) is 0 Å². The Morgan fingerprint density at radius 2 is 2.33 bits per heavy atom. The standard InChI is InChI=1S/C8H11ClN2O/c1-5(12)7(10)8-6(9)3-2-4-11-8/h2-5,7,12H,10H2,1H3. The second-order valence-corrected chi connectivity index (χ2v) is 3.04. The lowest BCUT2D eigenvalue weighted by Crippen LogP contribution is -2.24. The molecule has 0 saturated carbocycles. The van der Waals surface area contributed by atoms with E-state index in [1.165, 1.54) is 0 Å². The van der Waals surface area contributed by atoms with Crippen molar-refractivity contribution in [1.82, 2.24) is 4.98 Å². The molecule has 0 aliphatic carbocycles. The summed E-state index contributed by atoms with van der Waals surface area (Å²) >= 11 is 5.81. The van der Waals surface area contributed by atoms with Crippen LogP contribution in [0, 0.1) is 0 Å². The van der Waals surface area contributed by atoms with Gasteiger partial charge in [0.1, 0.15) is 0 Å². The van der Waals surface area contributed by atoms with Crippen LogP contribution in [0.15, 0.2) is 18.3 Å². The lowest BCUT2D eigenvalue weighted by Gasteiger charge is -2.14. The Labute approximate surface area is 76.2 Å². The van der Waals surface area contributed by atoms with Crippen LogP contribution in [0.4, 0.5) is 0 Å². The van der Waals surface area contributed by atoms with Gasteiger partial charge >= 0.3 is 0 Å². The van der Waals surface area contributed by atoms with Gasteiger partial charge in [-0.05, 0) is 19.1 Å². The second-order valence-electron chi connectivity index (χ2n) is 2.64. The zero-order valence-corrected chi connectivity index (χ0v) is 7.49. The third kappa shape index (κ3) is 1.94. The van der Waals surface area contributed by atoms with E-state index >= 15 is 0 Å². The summed E-state index contributed by atoms with van der Waals surface area (Å²) < 4.78 is 0. The van der Waals surface area contributed by atoms with Crippen LogP contribution in [0.25, 0.3) is 0 Å². The zero-order valence-electron chi connectivity index (χ0n) is 6.74. The summed E-state index contributed by atoms with van der Waals surface area (Å²) in [5.74, 6) is 0. The van der Waals surface area contributed by atoms with Crippen LogP contribution in [0.1, 0.15) is 18.7 Å². The monoisotopic (exact) mass is 186 g/mol. The fraction of sp³-hybridized carbons (Fsp3) is 0.375. The van der Waals surface area contributed by atoms with Crippen molar-refractivity contribution in [1.29, 1.82) is 0 Å². The lowest BCUT2D eigenvalue weighted by molar-refractivity contribution is 0.162. The van der Waals surface area contributed by atoms with Gasteiger partial charge in [-0.3, -0.25) is 4.98 Å². The number of aliphatic hydroxyl groups is 1. The molecular weight excluding hydrogens is 176 g/mol. The SMILES string of the molecule is CC(O)C(N)c1ncccc1Cl. The van der Waals surface area contributed by atoms with Crippen molar-refractivity contribution in [3.05, 3.63) is 29.0 Å². The highest BCUT2D eigenvalue weighted by atomic mass is 35.5. The molecule has 0 aliphatic heterocycles. The summed E-state index contributed by atoms with van der Waals surface area (Å²) in [6.45, 7) is 1.61. The Morgan fingerprint density at radius 1 is 1.67 bits per heavy atom. The first-order valence-electron chi connectivity index (χ1n) is 3.67. The maximum atomic E-state index is 9.18. The van der Waals surface area contributed by atoms with E-state index in [-0.39, 0.29) is 0 Å². The highest BCUT2D eigenvalue weighted by Gasteiger charge is 2.15. The molecule has 1 rings (SSSR count). The van der Waals surface area contributed by atoms with Gasteiger partial charge in [0, 0.05) is 6.20 Å². The minimum atomic E-state index is -0.641. The summed E-state index contributed by atoms with van der Waals surface area (Å²) in [7, 11) is 0. The molecule has 2 unspecified atom stereocenters. The molecule has 0 amide bonds. The van der Waals surface area contributed by atoms with E-state index in [9.17, 15) is 5.11 Å². The Morgan fingerprint density at radius 3 is 2.83 bits per heavy atom. The van der Waals surface area contributed by atoms with Gasteiger partial charge in [-0.1, -0.05) is 11.6 Å². The molecule has 12 heavy (non-hydrogen) atoms. The van der Waals surface area contributed by atoms with E-state index < -0.39 is 12.1 Å².